The van der Waals surface area contributed by atoms with Crippen molar-refractivity contribution in [2.45, 2.75) is 82.6 Å². The Morgan fingerprint density at radius 1 is 1.08 bits per heavy atom. The van der Waals surface area contributed by atoms with Crippen LogP contribution < -0.4 is 0 Å². The van der Waals surface area contributed by atoms with E-state index in [0.717, 1.165) is 63.5 Å². The van der Waals surface area contributed by atoms with Crippen molar-refractivity contribution in [3.05, 3.63) is 29.8 Å². The minimum absolute atomic E-state index is 0.169. The number of aromatic hydroxyl groups is 1. The van der Waals surface area contributed by atoms with Gasteiger partial charge < -0.3 is 15.3 Å². The minimum atomic E-state index is -0.598. The molecule has 0 atom stereocenters. The summed E-state index contributed by atoms with van der Waals surface area (Å²) in [5, 5.41) is 30.7. The number of phenolic OH excluding ortho intramolecular Hbond substituents is 1. The molecule has 2 saturated carbocycles. The SMILES string of the molecule is CC1CCC(O)(CN(Cc2cccc(O)c2)C2CCC(O)CC2)CC1. The Morgan fingerprint density at radius 3 is 2.40 bits per heavy atom. The molecule has 3 rings (SSSR count). The molecule has 0 aromatic heterocycles. The summed E-state index contributed by atoms with van der Waals surface area (Å²) in [6.45, 7) is 3.70. The van der Waals surface area contributed by atoms with Gasteiger partial charge in [-0.05, 0) is 75.0 Å². The number of rotatable bonds is 5. The average Bonchev–Trinajstić information content (AvgIpc) is 2.58. The molecular weight excluding hydrogens is 314 g/mol. The monoisotopic (exact) mass is 347 g/mol. The molecule has 0 bridgehead atoms. The molecule has 4 heteroatoms. The summed E-state index contributed by atoms with van der Waals surface area (Å²) in [7, 11) is 0. The highest BCUT2D eigenvalue weighted by Gasteiger charge is 2.36. The van der Waals surface area contributed by atoms with E-state index in [-0.39, 0.29) is 6.10 Å². The summed E-state index contributed by atoms with van der Waals surface area (Å²) in [5.41, 5.74) is 0.484. The average molecular weight is 347 g/mol. The van der Waals surface area contributed by atoms with Gasteiger partial charge in [0.05, 0.1) is 11.7 Å². The van der Waals surface area contributed by atoms with Crippen molar-refractivity contribution in [3.8, 4) is 5.75 Å². The molecule has 140 valence electrons. The molecule has 0 radical (unpaired) electrons. The number of hydrogen-bond donors (Lipinski definition) is 3. The van der Waals surface area contributed by atoms with Crippen molar-refractivity contribution in [2.75, 3.05) is 6.54 Å². The first-order valence-electron chi connectivity index (χ1n) is 9.86. The maximum absolute atomic E-state index is 11.1. The molecule has 0 amide bonds. The topological polar surface area (TPSA) is 63.9 Å². The highest BCUT2D eigenvalue weighted by Crippen LogP contribution is 2.35. The molecule has 1 aromatic rings. The second kappa shape index (κ2) is 8.07. The third-order valence-electron chi connectivity index (χ3n) is 6.18. The molecule has 2 aliphatic rings. The first-order valence-corrected chi connectivity index (χ1v) is 9.86. The van der Waals surface area contributed by atoms with Crippen LogP contribution in [0.25, 0.3) is 0 Å². The van der Waals surface area contributed by atoms with E-state index in [1.165, 1.54) is 0 Å². The molecule has 0 aliphatic heterocycles. The lowest BCUT2D eigenvalue weighted by Gasteiger charge is -2.43. The first-order chi connectivity index (χ1) is 11.9. The van der Waals surface area contributed by atoms with Crippen molar-refractivity contribution in [3.63, 3.8) is 0 Å². The van der Waals surface area contributed by atoms with Crippen LogP contribution in [0.15, 0.2) is 24.3 Å². The molecule has 0 unspecified atom stereocenters. The molecule has 4 nitrogen and oxygen atoms in total. The lowest BCUT2D eigenvalue weighted by Crippen LogP contribution is -2.49. The van der Waals surface area contributed by atoms with E-state index in [2.05, 4.69) is 11.8 Å². The van der Waals surface area contributed by atoms with E-state index in [1.54, 1.807) is 6.07 Å². The van der Waals surface area contributed by atoms with Crippen molar-refractivity contribution in [1.29, 1.82) is 0 Å². The maximum atomic E-state index is 11.1. The minimum Gasteiger partial charge on any atom is -0.508 e. The Labute approximate surface area is 151 Å². The number of benzene rings is 1. The number of nitrogens with zero attached hydrogens (tertiary/aromatic N) is 1. The van der Waals surface area contributed by atoms with E-state index >= 15 is 0 Å². The van der Waals surface area contributed by atoms with Crippen LogP contribution in [0.4, 0.5) is 0 Å². The second-order valence-electron chi connectivity index (χ2n) is 8.44. The summed E-state index contributed by atoms with van der Waals surface area (Å²) in [5.74, 6) is 1.01. The third-order valence-corrected chi connectivity index (χ3v) is 6.18. The van der Waals surface area contributed by atoms with Gasteiger partial charge in [-0.15, -0.1) is 0 Å². The van der Waals surface area contributed by atoms with Crippen LogP contribution in [0.5, 0.6) is 5.75 Å². The van der Waals surface area contributed by atoms with Gasteiger partial charge >= 0.3 is 0 Å². The standard InChI is InChI=1S/C21H33NO3/c1-16-9-11-21(25,12-10-16)15-22(18-5-7-19(23)8-6-18)14-17-3-2-4-20(24)13-17/h2-4,13,16,18-19,23-25H,5-12,14-15H2,1H3. The fourth-order valence-electron chi connectivity index (χ4n) is 4.46. The molecule has 3 N–H and O–H groups in total. The summed E-state index contributed by atoms with van der Waals surface area (Å²) >= 11 is 0. The van der Waals surface area contributed by atoms with E-state index < -0.39 is 5.60 Å². The van der Waals surface area contributed by atoms with Crippen LogP contribution in [-0.4, -0.2) is 44.5 Å². The maximum Gasteiger partial charge on any atom is 0.115 e. The normalized spacial score (nSPS) is 33.5. The van der Waals surface area contributed by atoms with Crippen LogP contribution in [-0.2, 0) is 6.54 Å². The quantitative estimate of drug-likeness (QED) is 0.763. The van der Waals surface area contributed by atoms with Crippen molar-refractivity contribution in [2.24, 2.45) is 5.92 Å². The van der Waals surface area contributed by atoms with Crippen LogP contribution in [0.1, 0.15) is 63.9 Å². The van der Waals surface area contributed by atoms with E-state index in [0.29, 0.717) is 24.3 Å². The molecular formula is C21H33NO3. The summed E-state index contributed by atoms with van der Waals surface area (Å²) in [4.78, 5) is 2.40. The third kappa shape index (κ3) is 5.19. The van der Waals surface area contributed by atoms with Crippen molar-refractivity contribution in [1.82, 2.24) is 4.90 Å². The summed E-state index contributed by atoms with van der Waals surface area (Å²) in [6.07, 6.45) is 7.42. The Bertz CT molecular complexity index is 546. The molecule has 25 heavy (non-hydrogen) atoms. The molecule has 0 saturated heterocycles. The van der Waals surface area contributed by atoms with Gasteiger partial charge in [-0.1, -0.05) is 19.1 Å². The predicted molar refractivity (Wildman–Crippen MR) is 99.4 cm³/mol. The van der Waals surface area contributed by atoms with Gasteiger partial charge in [0.1, 0.15) is 5.75 Å². The Kier molecular flexibility index (Phi) is 6.03. The van der Waals surface area contributed by atoms with E-state index in [4.69, 9.17) is 0 Å². The number of aliphatic hydroxyl groups is 2. The lowest BCUT2D eigenvalue weighted by atomic mass is 9.78. The zero-order valence-corrected chi connectivity index (χ0v) is 15.4. The van der Waals surface area contributed by atoms with Gasteiger partial charge in [0.15, 0.2) is 0 Å². The fourth-order valence-corrected chi connectivity index (χ4v) is 4.46. The van der Waals surface area contributed by atoms with E-state index in [1.807, 2.05) is 18.2 Å². The van der Waals surface area contributed by atoms with Crippen LogP contribution in [0.3, 0.4) is 0 Å². The Balaban J connectivity index is 1.71. The van der Waals surface area contributed by atoms with Crippen LogP contribution in [0, 0.1) is 5.92 Å². The molecule has 2 fully saturated rings. The largest absolute Gasteiger partial charge is 0.508 e. The lowest BCUT2D eigenvalue weighted by molar-refractivity contribution is -0.0532. The molecule has 0 heterocycles. The molecule has 2 aliphatic carbocycles. The van der Waals surface area contributed by atoms with E-state index in [9.17, 15) is 15.3 Å². The van der Waals surface area contributed by atoms with Crippen LogP contribution >= 0.6 is 0 Å². The van der Waals surface area contributed by atoms with Crippen LogP contribution in [0.2, 0.25) is 0 Å². The molecule has 1 aromatic carbocycles. The highest BCUT2D eigenvalue weighted by molar-refractivity contribution is 5.27. The van der Waals surface area contributed by atoms with Crippen molar-refractivity contribution < 1.29 is 15.3 Å². The van der Waals surface area contributed by atoms with Gasteiger partial charge in [-0.25, -0.2) is 0 Å². The van der Waals surface area contributed by atoms with Gasteiger partial charge in [0, 0.05) is 19.1 Å². The number of hydrogen-bond acceptors (Lipinski definition) is 4. The number of aliphatic hydroxyl groups excluding tert-OH is 1. The van der Waals surface area contributed by atoms with Crippen molar-refractivity contribution >= 4 is 0 Å². The van der Waals surface area contributed by atoms with Gasteiger partial charge in [-0.2, -0.15) is 0 Å². The van der Waals surface area contributed by atoms with Gasteiger partial charge in [-0.3, -0.25) is 4.90 Å². The number of phenols is 1. The van der Waals surface area contributed by atoms with Gasteiger partial charge in [0.25, 0.3) is 0 Å². The predicted octanol–water partition coefficient (Wildman–Crippen LogP) is 3.44. The first kappa shape index (κ1) is 18.7. The summed E-state index contributed by atoms with van der Waals surface area (Å²) in [6, 6.07) is 7.83. The Hall–Kier alpha value is -1.10. The second-order valence-corrected chi connectivity index (χ2v) is 8.44. The zero-order chi connectivity index (χ0) is 17.9. The zero-order valence-electron chi connectivity index (χ0n) is 15.4. The summed E-state index contributed by atoms with van der Waals surface area (Å²) < 4.78 is 0. The fraction of sp³-hybridized carbons (Fsp3) is 0.714. The smallest absolute Gasteiger partial charge is 0.115 e. The Morgan fingerprint density at radius 2 is 1.76 bits per heavy atom. The highest BCUT2D eigenvalue weighted by atomic mass is 16.3. The molecule has 0 spiro atoms. The van der Waals surface area contributed by atoms with Gasteiger partial charge in [0.2, 0.25) is 0 Å².